The summed E-state index contributed by atoms with van der Waals surface area (Å²) in [6.45, 7) is 0.136. The van der Waals surface area contributed by atoms with Crippen molar-refractivity contribution in [3.8, 4) is 0 Å². The molecule has 1 saturated heterocycles. The van der Waals surface area contributed by atoms with Crippen LogP contribution in [0.5, 0.6) is 0 Å². The third-order valence-corrected chi connectivity index (χ3v) is 4.39. The van der Waals surface area contributed by atoms with Gasteiger partial charge in [-0.15, -0.1) is 0 Å². The summed E-state index contributed by atoms with van der Waals surface area (Å²) in [5.74, 6) is -2.01. The van der Waals surface area contributed by atoms with E-state index in [9.17, 15) is 14.6 Å². The molecule has 0 bridgehead atoms. The van der Waals surface area contributed by atoms with Crippen LogP contribution in [0.3, 0.4) is 0 Å². The first-order chi connectivity index (χ1) is 10.9. The molecule has 2 fully saturated rings. The van der Waals surface area contributed by atoms with Crippen molar-refractivity contribution < 1.29 is 29.1 Å². The first kappa shape index (κ1) is 18.2. The van der Waals surface area contributed by atoms with Crippen LogP contribution in [-0.2, 0) is 19.0 Å². The zero-order valence-electron chi connectivity index (χ0n) is 13.2. The number of amides is 1. The molecule has 0 spiro atoms. The lowest BCUT2D eigenvalue weighted by Crippen LogP contribution is -2.53. The van der Waals surface area contributed by atoms with E-state index in [-0.39, 0.29) is 32.0 Å². The Labute approximate surface area is 135 Å². The van der Waals surface area contributed by atoms with Gasteiger partial charge in [-0.2, -0.15) is 0 Å². The second-order valence-electron chi connectivity index (χ2n) is 6.56. The number of ether oxygens (including phenoxy) is 1. The molecule has 0 aromatic carbocycles. The Morgan fingerprint density at radius 1 is 1.26 bits per heavy atom. The third kappa shape index (κ3) is 5.76. The van der Waals surface area contributed by atoms with Crippen LogP contribution in [0.2, 0.25) is 0 Å². The fourth-order valence-corrected chi connectivity index (χ4v) is 3.17. The molecule has 0 aromatic rings. The lowest BCUT2D eigenvalue weighted by molar-refractivity contribution is -0.139. The third-order valence-electron chi connectivity index (χ3n) is 4.39. The minimum absolute atomic E-state index is 0.0660. The number of nitrogens with two attached hydrogens (primary N) is 1. The maximum atomic E-state index is 12.2. The van der Waals surface area contributed by atoms with Crippen LogP contribution in [0.25, 0.3) is 0 Å². The van der Waals surface area contributed by atoms with E-state index < -0.39 is 30.7 Å². The predicted molar refractivity (Wildman–Crippen MR) is 82.5 cm³/mol. The van der Waals surface area contributed by atoms with Gasteiger partial charge in [-0.3, -0.25) is 9.59 Å². The van der Waals surface area contributed by atoms with Gasteiger partial charge in [0.05, 0.1) is 31.7 Å². The molecule has 1 amide bonds. The highest BCUT2D eigenvalue weighted by molar-refractivity contribution is 6.45. The van der Waals surface area contributed by atoms with E-state index in [1.807, 2.05) is 0 Å². The number of carbonyl (C=O) groups excluding carboxylic acids is 1. The first-order valence-corrected chi connectivity index (χ1v) is 8.09. The fourth-order valence-electron chi connectivity index (χ4n) is 3.17. The molecule has 8 nitrogen and oxygen atoms in total. The summed E-state index contributed by atoms with van der Waals surface area (Å²) in [6, 6.07) is 0. The van der Waals surface area contributed by atoms with Gasteiger partial charge in [0.25, 0.3) is 0 Å². The molecule has 0 aromatic heterocycles. The van der Waals surface area contributed by atoms with E-state index in [0.29, 0.717) is 0 Å². The van der Waals surface area contributed by atoms with Gasteiger partial charge < -0.3 is 30.6 Å². The second-order valence-corrected chi connectivity index (χ2v) is 6.56. The molecule has 1 heterocycles. The zero-order valence-corrected chi connectivity index (χ0v) is 13.2. The maximum Gasteiger partial charge on any atom is 0.480 e. The number of rotatable bonds is 5. The van der Waals surface area contributed by atoms with Crippen LogP contribution >= 0.6 is 0 Å². The monoisotopic (exact) mass is 328 g/mol. The van der Waals surface area contributed by atoms with Crippen LogP contribution in [0.15, 0.2) is 0 Å². The average Bonchev–Trinajstić information content (AvgIpc) is 2.60. The number of carbonyl (C=O) groups is 2. The van der Waals surface area contributed by atoms with Gasteiger partial charge in [0.2, 0.25) is 5.91 Å². The van der Waals surface area contributed by atoms with E-state index in [2.05, 4.69) is 5.32 Å². The Bertz CT molecular complexity index is 429. The standard InChI is InChI=1S/C14H25BN2O6/c16-14(4-2-1-3-5-14)7-12(18)17-11-9-22-8-10(6-13(19)20)23-15(11)21/h10-11,21H,1-9,16H2,(H,17,18)(H,19,20)/t10-,11-/m0/s1. The number of carboxylic acid groups (broad SMARTS) is 1. The molecule has 1 aliphatic carbocycles. The molecule has 130 valence electrons. The Balaban J connectivity index is 1.84. The smallest absolute Gasteiger partial charge is 0.480 e. The summed E-state index contributed by atoms with van der Waals surface area (Å²) in [6.07, 6.45) is 4.05. The molecular weight excluding hydrogens is 303 g/mol. The lowest BCUT2D eigenvalue weighted by atomic mass is 9.77. The van der Waals surface area contributed by atoms with Crippen molar-refractivity contribution in [3.63, 3.8) is 0 Å². The van der Waals surface area contributed by atoms with Crippen LogP contribution < -0.4 is 11.1 Å². The number of hydrogen-bond acceptors (Lipinski definition) is 6. The van der Waals surface area contributed by atoms with Crippen molar-refractivity contribution in [2.24, 2.45) is 5.73 Å². The van der Waals surface area contributed by atoms with Gasteiger partial charge in [-0.25, -0.2) is 0 Å². The molecule has 9 heteroatoms. The minimum atomic E-state index is -1.30. The second kappa shape index (κ2) is 8.10. The summed E-state index contributed by atoms with van der Waals surface area (Å²) < 4.78 is 10.6. The molecule has 1 aliphatic heterocycles. The van der Waals surface area contributed by atoms with E-state index in [0.717, 1.165) is 32.1 Å². The number of hydrogen-bond donors (Lipinski definition) is 4. The molecule has 2 rings (SSSR count). The SMILES string of the molecule is NC1(CC(=O)N[C@H]2COC[C@H](CC(=O)O)OB2O)CCCCC1. The molecule has 23 heavy (non-hydrogen) atoms. The maximum absolute atomic E-state index is 12.2. The van der Waals surface area contributed by atoms with Gasteiger partial charge in [0, 0.05) is 12.0 Å². The summed E-state index contributed by atoms with van der Waals surface area (Å²) in [5.41, 5.74) is 5.78. The molecule has 2 aliphatic rings. The van der Waals surface area contributed by atoms with E-state index in [1.165, 1.54) is 0 Å². The van der Waals surface area contributed by atoms with Crippen LogP contribution in [0.4, 0.5) is 0 Å². The summed E-state index contributed by atoms with van der Waals surface area (Å²) in [7, 11) is -1.30. The van der Waals surface area contributed by atoms with Crippen molar-refractivity contribution >= 4 is 19.0 Å². The molecular formula is C14H25BN2O6. The Morgan fingerprint density at radius 3 is 2.61 bits per heavy atom. The Hall–Kier alpha value is -1.16. The summed E-state index contributed by atoms with van der Waals surface area (Å²) >= 11 is 0. The minimum Gasteiger partial charge on any atom is -0.481 e. The highest BCUT2D eigenvalue weighted by atomic mass is 16.6. The lowest BCUT2D eigenvalue weighted by Gasteiger charge is -2.33. The number of aliphatic carboxylic acids is 1. The molecule has 0 radical (unpaired) electrons. The molecule has 2 atom stereocenters. The normalized spacial score (nSPS) is 28.0. The molecule has 1 saturated carbocycles. The molecule has 0 unspecified atom stereocenters. The van der Waals surface area contributed by atoms with Gasteiger partial charge in [0.1, 0.15) is 0 Å². The van der Waals surface area contributed by atoms with Gasteiger partial charge in [-0.1, -0.05) is 19.3 Å². The Morgan fingerprint density at radius 2 is 1.96 bits per heavy atom. The van der Waals surface area contributed by atoms with Crippen molar-refractivity contribution in [3.05, 3.63) is 0 Å². The van der Waals surface area contributed by atoms with Crippen LogP contribution in [0, 0.1) is 0 Å². The van der Waals surface area contributed by atoms with Crippen molar-refractivity contribution in [2.75, 3.05) is 13.2 Å². The summed E-state index contributed by atoms with van der Waals surface area (Å²) in [4.78, 5) is 22.9. The van der Waals surface area contributed by atoms with E-state index in [4.69, 9.17) is 20.2 Å². The zero-order chi connectivity index (χ0) is 16.9. The van der Waals surface area contributed by atoms with Crippen molar-refractivity contribution in [1.29, 1.82) is 0 Å². The summed E-state index contributed by atoms with van der Waals surface area (Å²) in [5, 5.41) is 21.5. The molecule has 5 N–H and O–H groups in total. The van der Waals surface area contributed by atoms with E-state index in [1.54, 1.807) is 0 Å². The first-order valence-electron chi connectivity index (χ1n) is 8.09. The topological polar surface area (TPSA) is 131 Å². The quantitative estimate of drug-likeness (QED) is 0.497. The highest BCUT2D eigenvalue weighted by Crippen LogP contribution is 2.28. The van der Waals surface area contributed by atoms with Gasteiger partial charge in [-0.05, 0) is 12.8 Å². The fraction of sp³-hybridized carbons (Fsp3) is 0.857. The van der Waals surface area contributed by atoms with Crippen LogP contribution in [0.1, 0.15) is 44.9 Å². The number of carboxylic acids is 1. The van der Waals surface area contributed by atoms with Crippen molar-refractivity contribution in [1.82, 2.24) is 5.32 Å². The number of nitrogens with one attached hydrogen (secondary N) is 1. The average molecular weight is 328 g/mol. The predicted octanol–water partition coefficient (Wildman–Crippen LogP) is -0.567. The van der Waals surface area contributed by atoms with Crippen LogP contribution in [-0.4, -0.2) is 59.9 Å². The van der Waals surface area contributed by atoms with Crippen molar-refractivity contribution in [2.45, 2.75) is 62.5 Å². The van der Waals surface area contributed by atoms with Gasteiger partial charge >= 0.3 is 13.1 Å². The largest absolute Gasteiger partial charge is 0.481 e. The van der Waals surface area contributed by atoms with E-state index >= 15 is 0 Å². The Kier molecular flexibility index (Phi) is 6.40. The highest BCUT2D eigenvalue weighted by Gasteiger charge is 2.37. The van der Waals surface area contributed by atoms with Gasteiger partial charge in [0.15, 0.2) is 0 Å².